The highest BCUT2D eigenvalue weighted by Crippen LogP contribution is 2.42. The summed E-state index contributed by atoms with van der Waals surface area (Å²) in [5.41, 5.74) is 5.09. The van der Waals surface area contributed by atoms with E-state index >= 15 is 0 Å². The maximum atomic E-state index is 12.8. The minimum atomic E-state index is -3.72. The third-order valence-corrected chi connectivity index (χ3v) is 2.42. The van der Waals surface area contributed by atoms with Crippen molar-refractivity contribution in [2.45, 2.75) is 19.3 Å². The van der Waals surface area contributed by atoms with Gasteiger partial charge in [0, 0.05) is 11.8 Å². The predicted molar refractivity (Wildman–Crippen MR) is 63.5 cm³/mol. The van der Waals surface area contributed by atoms with Crippen molar-refractivity contribution in [2.75, 3.05) is 5.32 Å². The van der Waals surface area contributed by atoms with Crippen LogP contribution in [0, 0.1) is 0 Å². The van der Waals surface area contributed by atoms with E-state index in [-0.39, 0.29) is 17.2 Å². The summed E-state index contributed by atoms with van der Waals surface area (Å²) in [6.07, 6.45) is -3.72. The van der Waals surface area contributed by atoms with Crippen LogP contribution in [-0.4, -0.2) is 24.3 Å². The Hall–Kier alpha value is -2.58. The molecule has 1 unspecified atom stereocenters. The molecule has 20 heavy (non-hydrogen) atoms. The number of urea groups is 1. The molecule has 1 atom stereocenters. The number of nitrogens with one attached hydrogen (secondary N) is 2. The second kappa shape index (κ2) is 4.83. The van der Waals surface area contributed by atoms with Crippen molar-refractivity contribution in [3.63, 3.8) is 0 Å². The molecule has 9 heteroatoms. The van der Waals surface area contributed by atoms with Crippen molar-refractivity contribution in [1.82, 2.24) is 5.32 Å². The number of halogens is 2. The fraction of sp³-hybridized carbons (Fsp3) is 0.273. The standard InChI is InChI=1S/C11H11F2N3O4/c1-5(15-10(14)18)9(17)16-6-2-3-7-8(4-6)20-11(12,13)19-7/h2-5H,1H3,(H,16,17)(H3,14,15,18). The van der Waals surface area contributed by atoms with Gasteiger partial charge in [-0.3, -0.25) is 4.79 Å². The first kappa shape index (κ1) is 13.8. The molecule has 0 spiro atoms. The lowest BCUT2D eigenvalue weighted by molar-refractivity contribution is -0.286. The van der Waals surface area contributed by atoms with E-state index in [9.17, 15) is 18.4 Å². The van der Waals surface area contributed by atoms with E-state index in [0.29, 0.717) is 0 Å². The van der Waals surface area contributed by atoms with Gasteiger partial charge in [-0.1, -0.05) is 0 Å². The fourth-order valence-corrected chi connectivity index (χ4v) is 1.56. The van der Waals surface area contributed by atoms with Gasteiger partial charge in [0.15, 0.2) is 11.5 Å². The Labute approximate surface area is 112 Å². The van der Waals surface area contributed by atoms with Crippen molar-refractivity contribution in [2.24, 2.45) is 5.73 Å². The molecule has 1 heterocycles. The number of carbonyl (C=O) groups excluding carboxylic acids is 2. The van der Waals surface area contributed by atoms with E-state index in [2.05, 4.69) is 20.1 Å². The highest BCUT2D eigenvalue weighted by Gasteiger charge is 2.43. The zero-order valence-corrected chi connectivity index (χ0v) is 10.3. The van der Waals surface area contributed by atoms with Crippen molar-refractivity contribution < 1.29 is 27.8 Å². The summed E-state index contributed by atoms with van der Waals surface area (Å²) in [4.78, 5) is 22.3. The quantitative estimate of drug-likeness (QED) is 0.771. The summed E-state index contributed by atoms with van der Waals surface area (Å²) >= 11 is 0. The van der Waals surface area contributed by atoms with Crippen LogP contribution in [0.5, 0.6) is 11.5 Å². The van der Waals surface area contributed by atoms with E-state index in [1.807, 2.05) is 0 Å². The number of alkyl halides is 2. The molecule has 3 amide bonds. The molecule has 1 aliphatic rings. The Morgan fingerprint density at radius 2 is 1.95 bits per heavy atom. The second-order valence-electron chi connectivity index (χ2n) is 4.05. The van der Waals surface area contributed by atoms with E-state index in [0.717, 1.165) is 0 Å². The molecule has 108 valence electrons. The molecular weight excluding hydrogens is 276 g/mol. The van der Waals surface area contributed by atoms with Gasteiger partial charge in [0.2, 0.25) is 5.91 Å². The minimum absolute atomic E-state index is 0.128. The molecule has 0 saturated heterocycles. The number of primary amides is 1. The molecule has 0 bridgehead atoms. The summed E-state index contributed by atoms with van der Waals surface area (Å²) in [7, 11) is 0. The van der Waals surface area contributed by atoms with Gasteiger partial charge in [-0.2, -0.15) is 0 Å². The van der Waals surface area contributed by atoms with Gasteiger partial charge in [0.1, 0.15) is 6.04 Å². The molecule has 4 N–H and O–H groups in total. The van der Waals surface area contributed by atoms with Crippen molar-refractivity contribution in [3.8, 4) is 11.5 Å². The molecule has 0 aromatic heterocycles. The van der Waals surface area contributed by atoms with Crippen LogP contribution in [0.2, 0.25) is 0 Å². The molecule has 7 nitrogen and oxygen atoms in total. The van der Waals surface area contributed by atoms with Crippen molar-refractivity contribution in [1.29, 1.82) is 0 Å². The predicted octanol–water partition coefficient (Wildman–Crippen LogP) is 1.00. The number of carbonyl (C=O) groups is 2. The molecule has 0 fully saturated rings. The van der Waals surface area contributed by atoms with Gasteiger partial charge >= 0.3 is 12.3 Å². The van der Waals surface area contributed by atoms with Crippen molar-refractivity contribution in [3.05, 3.63) is 18.2 Å². The number of rotatable bonds is 3. The van der Waals surface area contributed by atoms with Crippen LogP contribution in [0.15, 0.2) is 18.2 Å². The molecule has 2 rings (SSSR count). The number of anilines is 1. The number of amides is 3. The largest absolute Gasteiger partial charge is 0.586 e. The Kier molecular flexibility index (Phi) is 3.35. The van der Waals surface area contributed by atoms with Gasteiger partial charge in [-0.05, 0) is 19.1 Å². The lowest BCUT2D eigenvalue weighted by atomic mass is 10.2. The summed E-state index contributed by atoms with van der Waals surface area (Å²) < 4.78 is 34.1. The van der Waals surface area contributed by atoms with E-state index in [1.165, 1.54) is 25.1 Å². The summed E-state index contributed by atoms with van der Waals surface area (Å²) in [5.74, 6) is -0.881. The second-order valence-corrected chi connectivity index (χ2v) is 4.05. The van der Waals surface area contributed by atoms with E-state index in [4.69, 9.17) is 5.73 Å². The first-order chi connectivity index (χ1) is 9.27. The van der Waals surface area contributed by atoms with E-state index < -0.39 is 24.3 Å². The number of fused-ring (bicyclic) bond motifs is 1. The minimum Gasteiger partial charge on any atom is -0.395 e. The van der Waals surface area contributed by atoms with Gasteiger partial charge in [-0.25, -0.2) is 4.79 Å². The van der Waals surface area contributed by atoms with Crippen LogP contribution in [-0.2, 0) is 4.79 Å². The van der Waals surface area contributed by atoms with Gasteiger partial charge in [0.05, 0.1) is 0 Å². The average molecular weight is 287 g/mol. The number of hydrogen-bond donors (Lipinski definition) is 3. The molecule has 0 aliphatic carbocycles. The fourth-order valence-electron chi connectivity index (χ4n) is 1.56. The van der Waals surface area contributed by atoms with Crippen molar-refractivity contribution >= 4 is 17.6 Å². The highest BCUT2D eigenvalue weighted by molar-refractivity contribution is 5.96. The third kappa shape index (κ3) is 3.05. The van der Waals surface area contributed by atoms with Gasteiger partial charge in [0.25, 0.3) is 0 Å². The first-order valence-corrected chi connectivity index (χ1v) is 5.53. The average Bonchev–Trinajstić information content (AvgIpc) is 2.61. The maximum absolute atomic E-state index is 12.8. The Morgan fingerprint density at radius 1 is 1.30 bits per heavy atom. The van der Waals surface area contributed by atoms with Crippen LogP contribution in [0.4, 0.5) is 19.3 Å². The van der Waals surface area contributed by atoms with Crippen LogP contribution >= 0.6 is 0 Å². The third-order valence-electron chi connectivity index (χ3n) is 2.42. The molecular formula is C11H11F2N3O4. The summed E-state index contributed by atoms with van der Waals surface area (Å²) in [5, 5.41) is 4.59. The topological polar surface area (TPSA) is 103 Å². The number of hydrogen-bond acceptors (Lipinski definition) is 4. The number of ether oxygens (including phenoxy) is 2. The lowest BCUT2D eigenvalue weighted by Crippen LogP contribution is -2.44. The van der Waals surface area contributed by atoms with Crippen LogP contribution in [0.3, 0.4) is 0 Å². The zero-order valence-electron chi connectivity index (χ0n) is 10.3. The van der Waals surface area contributed by atoms with E-state index in [1.54, 1.807) is 0 Å². The zero-order chi connectivity index (χ0) is 14.9. The maximum Gasteiger partial charge on any atom is 0.586 e. The molecule has 1 aliphatic heterocycles. The molecule has 0 saturated carbocycles. The monoisotopic (exact) mass is 287 g/mol. The normalized spacial score (nSPS) is 16.4. The lowest BCUT2D eigenvalue weighted by Gasteiger charge is -2.12. The highest BCUT2D eigenvalue weighted by atomic mass is 19.3. The molecule has 1 aromatic carbocycles. The Bertz CT molecular complexity index is 565. The van der Waals surface area contributed by atoms with Crippen LogP contribution in [0.1, 0.15) is 6.92 Å². The Balaban J connectivity index is 2.05. The summed E-state index contributed by atoms with van der Waals surface area (Å²) in [6.45, 7) is 1.42. The van der Waals surface area contributed by atoms with Crippen LogP contribution in [0.25, 0.3) is 0 Å². The SMILES string of the molecule is CC(NC(N)=O)C(=O)Nc1ccc2c(c1)OC(F)(F)O2. The van der Waals surface area contributed by atoms with Gasteiger partial charge < -0.3 is 25.8 Å². The summed E-state index contributed by atoms with van der Waals surface area (Å²) in [6, 6.07) is 2.05. The molecule has 0 radical (unpaired) electrons. The number of benzene rings is 1. The molecule has 1 aromatic rings. The van der Waals surface area contributed by atoms with Crippen LogP contribution < -0.4 is 25.8 Å². The Morgan fingerprint density at radius 3 is 2.60 bits per heavy atom. The smallest absolute Gasteiger partial charge is 0.395 e. The number of nitrogens with two attached hydrogens (primary N) is 1. The van der Waals surface area contributed by atoms with Gasteiger partial charge in [-0.15, -0.1) is 8.78 Å². The first-order valence-electron chi connectivity index (χ1n) is 5.53.